The van der Waals surface area contributed by atoms with E-state index >= 15 is 0 Å². The molecule has 0 atom stereocenters. The fourth-order valence-electron chi connectivity index (χ4n) is 2.89. The maximum Gasteiger partial charge on any atom is 0.302 e. The first-order chi connectivity index (χ1) is 13.2. The Morgan fingerprint density at radius 3 is 2.18 bits per heavy atom. The smallest absolute Gasteiger partial charge is 0.302 e. The summed E-state index contributed by atoms with van der Waals surface area (Å²) < 4.78 is 4.97. The zero-order chi connectivity index (χ0) is 20.7. The van der Waals surface area contributed by atoms with Crippen LogP contribution in [0, 0.1) is 5.41 Å². The summed E-state index contributed by atoms with van der Waals surface area (Å²) in [5.41, 5.74) is 1.19. The van der Waals surface area contributed by atoms with Gasteiger partial charge >= 0.3 is 5.97 Å². The van der Waals surface area contributed by atoms with Crippen molar-refractivity contribution in [1.29, 1.82) is 0 Å². The monoisotopic (exact) mass is 389 g/mol. The van der Waals surface area contributed by atoms with Crippen LogP contribution in [0.15, 0.2) is 24.3 Å². The summed E-state index contributed by atoms with van der Waals surface area (Å²) in [5, 5.41) is 2.91. The van der Waals surface area contributed by atoms with Crippen molar-refractivity contribution < 1.29 is 19.1 Å². The van der Waals surface area contributed by atoms with Crippen molar-refractivity contribution in [3.8, 4) is 0 Å². The molecule has 28 heavy (non-hydrogen) atoms. The minimum atomic E-state index is -0.420. The SMILES string of the molecule is CC(=O)OCCN1CCN(C(=O)c2ccc(CNC(=O)C(C)(C)C)cc2)CC1. The standard InChI is InChI=1S/C21H31N3O4/c1-16(25)28-14-13-23-9-11-24(12-10-23)19(26)18-7-5-17(6-8-18)15-22-20(27)21(2,3)4/h5-8H,9-15H2,1-4H3,(H,22,27). The van der Waals surface area contributed by atoms with Gasteiger partial charge in [-0.3, -0.25) is 19.3 Å². The fraction of sp³-hybridized carbons (Fsp3) is 0.571. The van der Waals surface area contributed by atoms with Gasteiger partial charge in [0.25, 0.3) is 5.91 Å². The summed E-state index contributed by atoms with van der Waals surface area (Å²) in [6.45, 7) is 11.4. The van der Waals surface area contributed by atoms with Gasteiger partial charge in [0, 0.05) is 57.2 Å². The topological polar surface area (TPSA) is 79.0 Å². The van der Waals surface area contributed by atoms with Crippen LogP contribution < -0.4 is 5.32 Å². The van der Waals surface area contributed by atoms with Crippen molar-refractivity contribution in [1.82, 2.24) is 15.1 Å². The van der Waals surface area contributed by atoms with E-state index in [2.05, 4.69) is 10.2 Å². The van der Waals surface area contributed by atoms with Gasteiger partial charge in [0.1, 0.15) is 6.61 Å². The van der Waals surface area contributed by atoms with Crippen LogP contribution in [0.3, 0.4) is 0 Å². The molecule has 1 aromatic rings. The van der Waals surface area contributed by atoms with Gasteiger partial charge in [-0.2, -0.15) is 0 Å². The van der Waals surface area contributed by atoms with Crippen LogP contribution in [-0.2, 0) is 20.9 Å². The third-order valence-electron chi connectivity index (χ3n) is 4.71. The van der Waals surface area contributed by atoms with Gasteiger partial charge in [-0.25, -0.2) is 0 Å². The lowest BCUT2D eigenvalue weighted by atomic mass is 9.95. The molecule has 0 bridgehead atoms. The number of rotatable bonds is 6. The molecule has 7 nitrogen and oxygen atoms in total. The zero-order valence-electron chi connectivity index (χ0n) is 17.3. The molecule has 2 amide bonds. The summed E-state index contributed by atoms with van der Waals surface area (Å²) in [4.78, 5) is 39.5. The first kappa shape index (κ1) is 21.9. The van der Waals surface area contributed by atoms with Gasteiger partial charge in [0.15, 0.2) is 0 Å². The second-order valence-electron chi connectivity index (χ2n) is 8.10. The predicted octanol–water partition coefficient (Wildman–Crippen LogP) is 1.67. The Bertz CT molecular complexity index is 687. The highest BCUT2D eigenvalue weighted by atomic mass is 16.5. The van der Waals surface area contributed by atoms with Crippen LogP contribution in [0.1, 0.15) is 43.6 Å². The quantitative estimate of drug-likeness (QED) is 0.749. The summed E-state index contributed by atoms with van der Waals surface area (Å²) >= 11 is 0. The van der Waals surface area contributed by atoms with Gasteiger partial charge in [0.05, 0.1) is 0 Å². The fourth-order valence-corrected chi connectivity index (χ4v) is 2.89. The molecule has 7 heteroatoms. The van der Waals surface area contributed by atoms with Crippen LogP contribution in [-0.4, -0.2) is 66.9 Å². The average molecular weight is 389 g/mol. The second-order valence-corrected chi connectivity index (χ2v) is 8.10. The minimum absolute atomic E-state index is 0.000716. The molecule has 0 radical (unpaired) electrons. The molecule has 1 aromatic carbocycles. The molecule has 0 aromatic heterocycles. The number of esters is 1. The number of amides is 2. The molecular formula is C21H31N3O4. The Morgan fingerprint density at radius 2 is 1.64 bits per heavy atom. The molecular weight excluding hydrogens is 358 g/mol. The zero-order valence-corrected chi connectivity index (χ0v) is 17.3. The molecule has 0 saturated carbocycles. The van der Waals surface area contributed by atoms with Crippen molar-refractivity contribution >= 4 is 17.8 Å². The van der Waals surface area contributed by atoms with E-state index in [1.807, 2.05) is 49.9 Å². The first-order valence-corrected chi connectivity index (χ1v) is 9.69. The minimum Gasteiger partial charge on any atom is -0.465 e. The van der Waals surface area contributed by atoms with Crippen LogP contribution in [0.25, 0.3) is 0 Å². The molecule has 0 spiro atoms. The summed E-state index contributed by atoms with van der Waals surface area (Å²) in [6, 6.07) is 7.39. The third kappa shape index (κ3) is 6.64. The largest absolute Gasteiger partial charge is 0.465 e. The van der Waals surface area contributed by atoms with Crippen molar-refractivity contribution in [3.63, 3.8) is 0 Å². The predicted molar refractivity (Wildman–Crippen MR) is 107 cm³/mol. The molecule has 1 aliphatic heterocycles. The first-order valence-electron chi connectivity index (χ1n) is 9.69. The number of carbonyl (C=O) groups is 3. The number of benzene rings is 1. The van der Waals surface area contributed by atoms with Crippen molar-refractivity contribution in [2.75, 3.05) is 39.3 Å². The molecule has 2 rings (SSSR count). The van der Waals surface area contributed by atoms with Gasteiger partial charge in [-0.15, -0.1) is 0 Å². The molecule has 1 aliphatic rings. The van der Waals surface area contributed by atoms with E-state index in [9.17, 15) is 14.4 Å². The lowest BCUT2D eigenvalue weighted by molar-refractivity contribution is -0.141. The van der Waals surface area contributed by atoms with E-state index in [1.54, 1.807) is 0 Å². The van der Waals surface area contributed by atoms with Gasteiger partial charge in [-0.05, 0) is 17.7 Å². The summed E-state index contributed by atoms with van der Waals surface area (Å²) in [5.74, 6) is -0.251. The molecule has 1 saturated heterocycles. The highest BCUT2D eigenvalue weighted by molar-refractivity contribution is 5.94. The molecule has 0 unspecified atom stereocenters. The maximum absolute atomic E-state index is 12.7. The van der Waals surface area contributed by atoms with Gasteiger partial charge < -0.3 is 15.0 Å². The second kappa shape index (κ2) is 9.68. The normalized spacial score (nSPS) is 15.2. The number of nitrogens with one attached hydrogen (secondary N) is 1. The van der Waals surface area contributed by atoms with Crippen LogP contribution in [0.5, 0.6) is 0 Å². The summed E-state index contributed by atoms with van der Waals surface area (Å²) in [6.07, 6.45) is 0. The number of hydrogen-bond donors (Lipinski definition) is 1. The Balaban J connectivity index is 1.80. The van der Waals surface area contributed by atoms with E-state index in [1.165, 1.54) is 6.92 Å². The Morgan fingerprint density at radius 1 is 1.04 bits per heavy atom. The van der Waals surface area contributed by atoms with Crippen molar-refractivity contribution in [2.24, 2.45) is 5.41 Å². The van der Waals surface area contributed by atoms with Crippen molar-refractivity contribution in [3.05, 3.63) is 35.4 Å². The van der Waals surface area contributed by atoms with Gasteiger partial charge in [-0.1, -0.05) is 32.9 Å². The van der Waals surface area contributed by atoms with Crippen molar-refractivity contribution in [2.45, 2.75) is 34.2 Å². The number of hydrogen-bond acceptors (Lipinski definition) is 5. The third-order valence-corrected chi connectivity index (χ3v) is 4.71. The van der Waals surface area contributed by atoms with Gasteiger partial charge in [0.2, 0.25) is 5.91 Å². The highest BCUT2D eigenvalue weighted by Crippen LogP contribution is 2.14. The Kier molecular flexibility index (Phi) is 7.57. The van der Waals surface area contributed by atoms with E-state index in [0.29, 0.717) is 38.3 Å². The Labute approximate surface area is 167 Å². The van der Waals surface area contributed by atoms with Crippen LogP contribution in [0.2, 0.25) is 0 Å². The van der Waals surface area contributed by atoms with E-state index in [0.717, 1.165) is 18.7 Å². The summed E-state index contributed by atoms with van der Waals surface area (Å²) in [7, 11) is 0. The average Bonchev–Trinajstić information content (AvgIpc) is 2.65. The van der Waals surface area contributed by atoms with E-state index < -0.39 is 5.41 Å². The molecule has 1 heterocycles. The van der Waals surface area contributed by atoms with E-state index in [4.69, 9.17) is 4.74 Å². The molecule has 1 N–H and O–H groups in total. The molecule has 154 valence electrons. The number of nitrogens with zero attached hydrogens (tertiary/aromatic N) is 2. The lowest BCUT2D eigenvalue weighted by Gasteiger charge is -2.34. The molecule has 1 fully saturated rings. The van der Waals surface area contributed by atoms with E-state index in [-0.39, 0.29) is 17.8 Å². The number of ether oxygens (including phenoxy) is 1. The number of piperazine rings is 1. The van der Waals surface area contributed by atoms with Crippen LogP contribution in [0.4, 0.5) is 0 Å². The van der Waals surface area contributed by atoms with Crippen LogP contribution >= 0.6 is 0 Å². The number of carbonyl (C=O) groups excluding carboxylic acids is 3. The highest BCUT2D eigenvalue weighted by Gasteiger charge is 2.23. The lowest BCUT2D eigenvalue weighted by Crippen LogP contribution is -2.49. The molecule has 0 aliphatic carbocycles. The maximum atomic E-state index is 12.7. The Hall–Kier alpha value is -2.41.